The number of hydrazine groups is 1. The summed E-state index contributed by atoms with van der Waals surface area (Å²) in [4.78, 5) is 37.9. The molecule has 3 rings (SSSR count). The molecule has 0 bridgehead atoms. The second-order valence-corrected chi connectivity index (χ2v) is 9.97. The molecule has 164 valence electrons. The molecule has 0 saturated carbocycles. The zero-order valence-electron chi connectivity index (χ0n) is 17.3. The summed E-state index contributed by atoms with van der Waals surface area (Å²) in [6.45, 7) is 4.04. The molecule has 2 saturated heterocycles. The molecule has 0 aromatic heterocycles. The molecule has 2 heterocycles. The largest absolute Gasteiger partial charge is 0.344 e. The fraction of sp³-hybridized carbons (Fsp3) is 0.550. The van der Waals surface area contributed by atoms with Gasteiger partial charge in [0, 0.05) is 19.0 Å². The van der Waals surface area contributed by atoms with Crippen molar-refractivity contribution in [1.29, 1.82) is 0 Å². The topological polar surface area (TPSA) is 116 Å². The summed E-state index contributed by atoms with van der Waals surface area (Å²) in [5, 5.41) is 3.36. The van der Waals surface area contributed by atoms with E-state index in [4.69, 9.17) is 0 Å². The van der Waals surface area contributed by atoms with Crippen molar-refractivity contribution < 1.29 is 22.8 Å². The van der Waals surface area contributed by atoms with Gasteiger partial charge in [-0.1, -0.05) is 43.7 Å². The van der Waals surface area contributed by atoms with Crippen LogP contribution in [0.25, 0.3) is 0 Å². The lowest BCUT2D eigenvalue weighted by molar-refractivity contribution is -0.141. The van der Waals surface area contributed by atoms with E-state index in [2.05, 4.69) is 10.7 Å². The van der Waals surface area contributed by atoms with Gasteiger partial charge in [-0.05, 0) is 31.7 Å². The van der Waals surface area contributed by atoms with Crippen molar-refractivity contribution in [3.05, 3.63) is 35.9 Å². The molecule has 1 aromatic carbocycles. The lowest BCUT2D eigenvalue weighted by atomic mass is 9.92. The van der Waals surface area contributed by atoms with E-state index < -0.39 is 39.3 Å². The number of benzene rings is 1. The summed E-state index contributed by atoms with van der Waals surface area (Å²) in [5.74, 6) is -1.37. The van der Waals surface area contributed by atoms with Crippen LogP contribution < -0.4 is 10.7 Å². The van der Waals surface area contributed by atoms with E-state index in [9.17, 15) is 22.8 Å². The number of nitrogens with zero attached hydrogens (tertiary/aromatic N) is 2. The minimum atomic E-state index is -3.31. The first kappa shape index (κ1) is 22.2. The highest BCUT2D eigenvalue weighted by Gasteiger charge is 2.50. The fourth-order valence-corrected chi connectivity index (χ4v) is 5.44. The van der Waals surface area contributed by atoms with E-state index in [1.165, 1.54) is 4.31 Å². The molecule has 1 aromatic rings. The summed E-state index contributed by atoms with van der Waals surface area (Å²) in [6.07, 6.45) is 2.09. The van der Waals surface area contributed by atoms with Crippen LogP contribution in [-0.4, -0.2) is 54.4 Å². The number of nitrogens with one attached hydrogen (secondary N) is 2. The zero-order valence-corrected chi connectivity index (χ0v) is 18.1. The average Bonchev–Trinajstić information content (AvgIpc) is 2.97. The smallest absolute Gasteiger partial charge is 0.318 e. The second kappa shape index (κ2) is 8.73. The number of unbranched alkanes of at least 4 members (excludes halogenated alkanes) is 1. The van der Waals surface area contributed by atoms with Gasteiger partial charge >= 0.3 is 6.03 Å². The number of imide groups is 1. The summed E-state index contributed by atoms with van der Waals surface area (Å²) < 4.78 is 26.0. The summed E-state index contributed by atoms with van der Waals surface area (Å²) in [5.41, 5.74) is 1.78. The molecule has 1 unspecified atom stereocenters. The van der Waals surface area contributed by atoms with Crippen LogP contribution in [-0.2, 0) is 25.2 Å². The molecule has 2 N–H and O–H groups in total. The van der Waals surface area contributed by atoms with E-state index in [0.717, 1.165) is 11.4 Å². The van der Waals surface area contributed by atoms with Crippen molar-refractivity contribution in [3.63, 3.8) is 0 Å². The highest BCUT2D eigenvalue weighted by molar-refractivity contribution is 7.89. The predicted octanol–water partition coefficient (Wildman–Crippen LogP) is 1.33. The van der Waals surface area contributed by atoms with E-state index in [1.807, 2.05) is 13.0 Å². The minimum Gasteiger partial charge on any atom is -0.318 e. The van der Waals surface area contributed by atoms with Crippen LogP contribution in [0.4, 0.5) is 4.79 Å². The summed E-state index contributed by atoms with van der Waals surface area (Å²) >= 11 is 0. The van der Waals surface area contributed by atoms with Crippen LogP contribution in [0, 0.1) is 5.92 Å². The monoisotopic (exact) mass is 436 g/mol. The van der Waals surface area contributed by atoms with Gasteiger partial charge in [0.25, 0.3) is 5.91 Å². The fourth-order valence-electron chi connectivity index (χ4n) is 3.76. The van der Waals surface area contributed by atoms with Gasteiger partial charge in [-0.3, -0.25) is 15.0 Å². The Bertz CT molecular complexity index is 912. The number of sulfonamides is 1. The van der Waals surface area contributed by atoms with Gasteiger partial charge in [-0.15, -0.1) is 0 Å². The lowest BCUT2D eigenvalue weighted by Gasteiger charge is -2.31. The van der Waals surface area contributed by atoms with Crippen molar-refractivity contribution in [3.8, 4) is 0 Å². The van der Waals surface area contributed by atoms with Gasteiger partial charge in [0.05, 0.1) is 5.75 Å². The minimum absolute atomic E-state index is 0.112. The van der Waals surface area contributed by atoms with Crippen LogP contribution in [0.5, 0.6) is 0 Å². The third-order valence-electron chi connectivity index (χ3n) is 5.74. The van der Waals surface area contributed by atoms with E-state index >= 15 is 0 Å². The zero-order chi connectivity index (χ0) is 21.9. The maximum Gasteiger partial charge on any atom is 0.344 e. The average molecular weight is 437 g/mol. The molecule has 2 aliphatic rings. The molecule has 0 radical (unpaired) electrons. The van der Waals surface area contributed by atoms with E-state index in [0.29, 0.717) is 24.8 Å². The number of urea groups is 1. The van der Waals surface area contributed by atoms with Crippen molar-refractivity contribution in [2.24, 2.45) is 5.92 Å². The van der Waals surface area contributed by atoms with Crippen LogP contribution in [0.15, 0.2) is 30.3 Å². The highest BCUT2D eigenvalue weighted by Crippen LogP contribution is 2.28. The second-order valence-electron chi connectivity index (χ2n) is 7.88. The van der Waals surface area contributed by atoms with Crippen LogP contribution >= 0.6 is 0 Å². The number of amides is 4. The van der Waals surface area contributed by atoms with E-state index in [-0.39, 0.29) is 18.8 Å². The van der Waals surface area contributed by atoms with Crippen LogP contribution in [0.3, 0.4) is 0 Å². The van der Waals surface area contributed by atoms with Gasteiger partial charge in [0.1, 0.15) is 5.54 Å². The molecule has 0 spiro atoms. The van der Waals surface area contributed by atoms with Crippen molar-refractivity contribution in [2.75, 3.05) is 18.8 Å². The summed E-state index contributed by atoms with van der Waals surface area (Å²) in [7, 11) is -3.31. The quantitative estimate of drug-likeness (QED) is 0.626. The predicted molar refractivity (Wildman–Crippen MR) is 110 cm³/mol. The Morgan fingerprint density at radius 2 is 1.83 bits per heavy atom. The highest BCUT2D eigenvalue weighted by atomic mass is 32.2. The molecule has 4 amide bonds. The molecule has 2 aliphatic heterocycles. The lowest BCUT2D eigenvalue weighted by Crippen LogP contribution is -2.51. The third-order valence-corrected chi connectivity index (χ3v) is 7.69. The van der Waals surface area contributed by atoms with Crippen molar-refractivity contribution in [2.45, 2.75) is 45.1 Å². The van der Waals surface area contributed by atoms with Gasteiger partial charge in [-0.25, -0.2) is 17.5 Å². The van der Waals surface area contributed by atoms with Gasteiger partial charge in [-0.2, -0.15) is 5.01 Å². The van der Waals surface area contributed by atoms with Crippen LogP contribution in [0.2, 0.25) is 0 Å². The number of piperidine rings is 1. The molecule has 1 atom stereocenters. The summed E-state index contributed by atoms with van der Waals surface area (Å²) in [6, 6.07) is 8.12. The Hall–Kier alpha value is -2.46. The normalized spacial score (nSPS) is 23.5. The molecule has 9 nitrogen and oxygen atoms in total. The Labute approximate surface area is 176 Å². The Balaban J connectivity index is 1.61. The van der Waals surface area contributed by atoms with Crippen LogP contribution in [0.1, 0.15) is 45.1 Å². The molecule has 10 heteroatoms. The Morgan fingerprint density at radius 3 is 2.43 bits per heavy atom. The Morgan fingerprint density at radius 1 is 1.20 bits per heavy atom. The maximum absolute atomic E-state index is 12.9. The number of hydrogen-bond donors (Lipinski definition) is 2. The Kier molecular flexibility index (Phi) is 6.47. The first-order valence-corrected chi connectivity index (χ1v) is 11.8. The van der Waals surface area contributed by atoms with Crippen molar-refractivity contribution >= 4 is 27.9 Å². The molecular formula is C20H28N4O5S. The van der Waals surface area contributed by atoms with Crippen molar-refractivity contribution in [1.82, 2.24) is 20.1 Å². The van der Waals surface area contributed by atoms with Gasteiger partial charge in [0.2, 0.25) is 15.9 Å². The number of rotatable bonds is 7. The molecular weight excluding hydrogens is 408 g/mol. The number of carbonyl (C=O) groups is 3. The molecule has 2 fully saturated rings. The van der Waals surface area contributed by atoms with Gasteiger partial charge in [0.15, 0.2) is 0 Å². The number of carbonyl (C=O) groups excluding carboxylic acids is 3. The third kappa shape index (κ3) is 4.34. The first-order valence-electron chi connectivity index (χ1n) is 10.2. The SMILES string of the molecule is CCCCS(=O)(=O)N1CCC(C(=O)NN2C(=O)NC(C)(c3ccccc3)C2=O)CC1. The number of hydrogen-bond acceptors (Lipinski definition) is 5. The van der Waals surface area contributed by atoms with Gasteiger partial charge < -0.3 is 5.32 Å². The van der Waals surface area contributed by atoms with E-state index in [1.54, 1.807) is 31.2 Å². The maximum atomic E-state index is 12.9. The molecule has 0 aliphatic carbocycles. The first-order chi connectivity index (χ1) is 14.2. The standard InChI is InChI=1S/C20H28N4O5S/c1-3-4-14-30(28,29)23-12-10-15(11-13-23)17(25)22-24-18(26)20(2,21-19(24)27)16-8-6-5-7-9-16/h5-9,15H,3-4,10-14H2,1-2H3,(H,21,27)(H,22,25). The molecule has 30 heavy (non-hydrogen) atoms.